The monoisotopic (exact) mass is 314 g/mol. The van der Waals surface area contributed by atoms with Gasteiger partial charge in [-0.05, 0) is 27.8 Å². The second kappa shape index (κ2) is 5.33. The first-order valence-electron chi connectivity index (χ1n) is 7.67. The molecule has 1 fully saturated rings. The number of anilines is 1. The van der Waals surface area contributed by atoms with Crippen molar-refractivity contribution in [2.75, 3.05) is 19.3 Å². The van der Waals surface area contributed by atoms with Gasteiger partial charge in [-0.25, -0.2) is 4.68 Å². The molecule has 0 spiro atoms. The SMILES string of the molecule is CN(CC1(c2ccccc2)CC1(C)C)C(=O)Cn1nnnc1N. The summed E-state index contributed by atoms with van der Waals surface area (Å²) < 4.78 is 1.31. The van der Waals surface area contributed by atoms with E-state index in [1.165, 1.54) is 10.2 Å². The highest BCUT2D eigenvalue weighted by molar-refractivity contribution is 5.76. The number of nitrogens with two attached hydrogens (primary N) is 1. The molecule has 1 aromatic heterocycles. The molecule has 1 heterocycles. The summed E-state index contributed by atoms with van der Waals surface area (Å²) in [5, 5.41) is 10.8. The lowest BCUT2D eigenvalue weighted by atomic mass is 9.87. The lowest BCUT2D eigenvalue weighted by molar-refractivity contribution is -0.131. The number of rotatable bonds is 5. The Labute approximate surface area is 135 Å². The number of hydrogen-bond donors (Lipinski definition) is 1. The Bertz CT molecular complexity index is 710. The predicted molar refractivity (Wildman–Crippen MR) is 86.4 cm³/mol. The normalized spacial score (nSPS) is 21.9. The van der Waals surface area contributed by atoms with E-state index in [2.05, 4.69) is 53.6 Å². The Kier molecular flexibility index (Phi) is 3.58. The van der Waals surface area contributed by atoms with E-state index in [1.54, 1.807) is 4.90 Å². The highest BCUT2D eigenvalue weighted by Crippen LogP contribution is 2.64. The third-order valence-corrected chi connectivity index (χ3v) is 5.02. The number of benzene rings is 1. The van der Waals surface area contributed by atoms with Gasteiger partial charge in [0.05, 0.1) is 0 Å². The molecular weight excluding hydrogens is 292 g/mol. The van der Waals surface area contributed by atoms with E-state index in [0.29, 0.717) is 6.54 Å². The number of nitrogen functional groups attached to an aromatic ring is 1. The van der Waals surface area contributed by atoms with Crippen LogP contribution < -0.4 is 5.73 Å². The van der Waals surface area contributed by atoms with Crippen molar-refractivity contribution in [3.63, 3.8) is 0 Å². The number of amides is 1. The highest BCUT2D eigenvalue weighted by atomic mass is 16.2. The van der Waals surface area contributed by atoms with Gasteiger partial charge in [-0.15, -0.1) is 0 Å². The standard InChI is InChI=1S/C16H22N6O/c1-15(2)10-16(15,12-7-5-4-6-8-12)11-21(3)13(23)9-22-14(17)18-19-20-22/h4-8H,9-11H2,1-3H3,(H2,17,18,20). The summed E-state index contributed by atoms with van der Waals surface area (Å²) in [6.07, 6.45) is 1.06. The maximum Gasteiger partial charge on any atom is 0.244 e. The first kappa shape index (κ1) is 15.5. The number of carbonyl (C=O) groups is 1. The van der Waals surface area contributed by atoms with E-state index in [9.17, 15) is 4.79 Å². The van der Waals surface area contributed by atoms with Gasteiger partial charge in [0.1, 0.15) is 6.54 Å². The number of tetrazole rings is 1. The van der Waals surface area contributed by atoms with Gasteiger partial charge in [0.2, 0.25) is 11.9 Å². The average molecular weight is 314 g/mol. The fourth-order valence-electron chi connectivity index (χ4n) is 3.39. The Morgan fingerprint density at radius 1 is 1.35 bits per heavy atom. The van der Waals surface area contributed by atoms with Crippen LogP contribution in [0.1, 0.15) is 25.8 Å². The summed E-state index contributed by atoms with van der Waals surface area (Å²) in [5.74, 6) is 0.0956. The molecule has 0 radical (unpaired) electrons. The van der Waals surface area contributed by atoms with Crippen LogP contribution in [-0.2, 0) is 16.8 Å². The molecule has 1 aliphatic rings. The summed E-state index contributed by atoms with van der Waals surface area (Å²) in [5.41, 5.74) is 7.08. The van der Waals surface area contributed by atoms with Crippen LogP contribution in [0, 0.1) is 5.41 Å². The molecule has 7 nitrogen and oxygen atoms in total. The average Bonchev–Trinajstić information content (AvgIpc) is 2.85. The fraction of sp³-hybridized carbons (Fsp3) is 0.500. The van der Waals surface area contributed by atoms with Crippen molar-refractivity contribution in [2.24, 2.45) is 5.41 Å². The Hall–Kier alpha value is -2.44. The molecular formula is C16H22N6O. The number of aromatic nitrogens is 4. The van der Waals surface area contributed by atoms with Crippen molar-refractivity contribution < 1.29 is 4.79 Å². The largest absolute Gasteiger partial charge is 0.367 e. The summed E-state index contributed by atoms with van der Waals surface area (Å²) in [7, 11) is 1.82. The molecule has 1 aromatic carbocycles. The first-order valence-corrected chi connectivity index (χ1v) is 7.67. The van der Waals surface area contributed by atoms with Crippen LogP contribution in [0.3, 0.4) is 0 Å². The molecule has 7 heteroatoms. The molecule has 1 unspecified atom stereocenters. The van der Waals surface area contributed by atoms with Crippen LogP contribution in [0.25, 0.3) is 0 Å². The molecule has 0 saturated heterocycles. The predicted octanol–water partition coefficient (Wildman–Crippen LogP) is 1.08. The van der Waals surface area contributed by atoms with E-state index in [1.807, 2.05) is 13.1 Å². The number of carbonyl (C=O) groups excluding carboxylic acids is 1. The summed E-state index contributed by atoms with van der Waals surface area (Å²) in [6.45, 7) is 5.22. The van der Waals surface area contributed by atoms with E-state index in [0.717, 1.165) is 6.42 Å². The molecule has 3 rings (SSSR count). The van der Waals surface area contributed by atoms with Gasteiger partial charge in [-0.2, -0.15) is 0 Å². The highest BCUT2D eigenvalue weighted by Gasteiger charge is 2.62. The van der Waals surface area contributed by atoms with Crippen molar-refractivity contribution in [3.8, 4) is 0 Å². The first-order chi connectivity index (χ1) is 10.9. The smallest absolute Gasteiger partial charge is 0.244 e. The molecule has 1 saturated carbocycles. The quantitative estimate of drug-likeness (QED) is 0.892. The molecule has 0 bridgehead atoms. The minimum atomic E-state index is -0.0537. The van der Waals surface area contributed by atoms with Crippen molar-refractivity contribution in [1.29, 1.82) is 0 Å². The molecule has 1 aliphatic carbocycles. The van der Waals surface area contributed by atoms with Gasteiger partial charge in [0, 0.05) is 19.0 Å². The van der Waals surface area contributed by atoms with E-state index < -0.39 is 0 Å². The summed E-state index contributed by atoms with van der Waals surface area (Å²) in [4.78, 5) is 14.2. The minimum absolute atomic E-state index is 0.00479. The maximum atomic E-state index is 12.5. The van der Waals surface area contributed by atoms with Crippen LogP contribution >= 0.6 is 0 Å². The molecule has 23 heavy (non-hydrogen) atoms. The fourth-order valence-corrected chi connectivity index (χ4v) is 3.39. The minimum Gasteiger partial charge on any atom is -0.367 e. The Morgan fingerprint density at radius 2 is 2.00 bits per heavy atom. The summed E-state index contributed by atoms with van der Waals surface area (Å²) >= 11 is 0. The van der Waals surface area contributed by atoms with Crippen molar-refractivity contribution in [1.82, 2.24) is 25.1 Å². The molecule has 122 valence electrons. The van der Waals surface area contributed by atoms with Gasteiger partial charge in [0.25, 0.3) is 0 Å². The van der Waals surface area contributed by atoms with E-state index in [4.69, 9.17) is 5.73 Å². The van der Waals surface area contributed by atoms with Crippen LogP contribution in [0.4, 0.5) is 5.95 Å². The summed E-state index contributed by atoms with van der Waals surface area (Å²) in [6, 6.07) is 10.4. The number of hydrogen-bond acceptors (Lipinski definition) is 5. The molecule has 2 N–H and O–H groups in total. The lowest BCUT2D eigenvalue weighted by Gasteiger charge is -2.27. The second-order valence-corrected chi connectivity index (χ2v) is 6.95. The van der Waals surface area contributed by atoms with Crippen LogP contribution in [0.5, 0.6) is 0 Å². The topological polar surface area (TPSA) is 89.9 Å². The third-order valence-electron chi connectivity index (χ3n) is 5.02. The van der Waals surface area contributed by atoms with Gasteiger partial charge < -0.3 is 10.6 Å². The van der Waals surface area contributed by atoms with Gasteiger partial charge >= 0.3 is 0 Å². The third kappa shape index (κ3) is 2.67. The maximum absolute atomic E-state index is 12.5. The molecule has 2 aromatic rings. The zero-order valence-electron chi connectivity index (χ0n) is 13.7. The number of likely N-dealkylation sites (N-methyl/N-ethyl adjacent to an activating group) is 1. The zero-order valence-corrected chi connectivity index (χ0v) is 13.7. The van der Waals surface area contributed by atoms with Crippen LogP contribution in [-0.4, -0.2) is 44.6 Å². The number of nitrogens with zero attached hydrogens (tertiary/aromatic N) is 5. The van der Waals surface area contributed by atoms with Crippen molar-refractivity contribution >= 4 is 11.9 Å². The van der Waals surface area contributed by atoms with Crippen molar-refractivity contribution in [3.05, 3.63) is 35.9 Å². The zero-order chi connectivity index (χ0) is 16.7. The molecule has 1 atom stereocenters. The van der Waals surface area contributed by atoms with Crippen LogP contribution in [0.2, 0.25) is 0 Å². The van der Waals surface area contributed by atoms with E-state index >= 15 is 0 Å². The van der Waals surface area contributed by atoms with Gasteiger partial charge in [-0.1, -0.05) is 49.3 Å². The Morgan fingerprint density at radius 3 is 2.52 bits per heavy atom. The second-order valence-electron chi connectivity index (χ2n) is 6.95. The molecule has 1 amide bonds. The van der Waals surface area contributed by atoms with Gasteiger partial charge in [0.15, 0.2) is 0 Å². The van der Waals surface area contributed by atoms with Gasteiger partial charge in [-0.3, -0.25) is 4.79 Å². The Balaban J connectivity index is 1.74. The van der Waals surface area contributed by atoms with E-state index in [-0.39, 0.29) is 29.2 Å². The van der Waals surface area contributed by atoms with Crippen molar-refractivity contribution in [2.45, 2.75) is 32.2 Å². The lowest BCUT2D eigenvalue weighted by Crippen LogP contribution is -2.38. The molecule has 0 aliphatic heterocycles. The van der Waals surface area contributed by atoms with Crippen LogP contribution in [0.15, 0.2) is 30.3 Å².